The zero-order valence-electron chi connectivity index (χ0n) is 7.40. The van der Waals surface area contributed by atoms with Crippen LogP contribution in [0, 0.1) is 0 Å². The van der Waals surface area contributed by atoms with E-state index in [1.165, 1.54) is 18.0 Å². The molecule has 70 valence electrons. The van der Waals surface area contributed by atoms with Crippen LogP contribution in [0.2, 0.25) is 0 Å². The maximum atomic E-state index is 11.8. The van der Waals surface area contributed by atoms with Crippen molar-refractivity contribution in [3.8, 4) is 0 Å². The molecule has 1 amide bonds. The summed E-state index contributed by atoms with van der Waals surface area (Å²) >= 11 is 1.28. The largest absolute Gasteiger partial charge is 0.338 e. The van der Waals surface area contributed by atoms with Crippen molar-refractivity contribution in [2.45, 2.75) is 19.3 Å². The molecule has 3 nitrogen and oxygen atoms in total. The normalized spacial score (nSPS) is 17.4. The van der Waals surface area contributed by atoms with Crippen LogP contribution in [-0.2, 0) is 0 Å². The molecular weight excluding hydrogens is 184 g/mol. The van der Waals surface area contributed by atoms with Crippen molar-refractivity contribution in [3.05, 3.63) is 17.1 Å². The molecular formula is C9H12N2OS. The van der Waals surface area contributed by atoms with Gasteiger partial charge in [-0.05, 0) is 36.9 Å². The predicted octanol–water partition coefficient (Wildman–Crippen LogP) is 1.77. The van der Waals surface area contributed by atoms with E-state index in [4.69, 9.17) is 0 Å². The van der Waals surface area contributed by atoms with Crippen molar-refractivity contribution in [1.82, 2.24) is 9.27 Å². The van der Waals surface area contributed by atoms with Crippen molar-refractivity contribution in [3.63, 3.8) is 0 Å². The quantitative estimate of drug-likeness (QED) is 0.686. The van der Waals surface area contributed by atoms with Gasteiger partial charge >= 0.3 is 0 Å². The zero-order valence-corrected chi connectivity index (χ0v) is 8.22. The Balaban J connectivity index is 2.04. The molecule has 0 atom stereocenters. The van der Waals surface area contributed by atoms with Crippen LogP contribution in [-0.4, -0.2) is 28.3 Å². The van der Waals surface area contributed by atoms with Crippen molar-refractivity contribution >= 4 is 17.4 Å². The van der Waals surface area contributed by atoms with E-state index >= 15 is 0 Å². The molecule has 0 aliphatic carbocycles. The molecule has 2 heterocycles. The van der Waals surface area contributed by atoms with Crippen LogP contribution in [0.25, 0.3) is 0 Å². The second kappa shape index (κ2) is 3.87. The molecule has 4 heteroatoms. The highest BCUT2D eigenvalue weighted by Gasteiger charge is 2.18. The average Bonchev–Trinajstić information content (AvgIpc) is 2.71. The van der Waals surface area contributed by atoms with E-state index in [-0.39, 0.29) is 5.91 Å². The molecule has 1 aromatic rings. The number of aromatic nitrogens is 1. The number of rotatable bonds is 1. The Kier molecular flexibility index (Phi) is 2.59. The predicted molar refractivity (Wildman–Crippen MR) is 51.9 cm³/mol. The van der Waals surface area contributed by atoms with Gasteiger partial charge in [0.05, 0.1) is 0 Å². The lowest BCUT2D eigenvalue weighted by molar-refractivity contribution is 0.0729. The SMILES string of the molecule is O=C(c1ccns1)N1CCCCC1. The van der Waals surface area contributed by atoms with Crippen LogP contribution in [0.3, 0.4) is 0 Å². The average molecular weight is 196 g/mol. The highest BCUT2D eigenvalue weighted by molar-refractivity contribution is 7.08. The van der Waals surface area contributed by atoms with Gasteiger partial charge < -0.3 is 4.90 Å². The monoisotopic (exact) mass is 196 g/mol. The third-order valence-corrected chi connectivity index (χ3v) is 3.03. The van der Waals surface area contributed by atoms with Gasteiger partial charge in [-0.25, -0.2) is 4.37 Å². The van der Waals surface area contributed by atoms with Crippen molar-refractivity contribution < 1.29 is 4.79 Å². The Morgan fingerprint density at radius 3 is 2.77 bits per heavy atom. The second-order valence-electron chi connectivity index (χ2n) is 3.23. The van der Waals surface area contributed by atoms with Crippen molar-refractivity contribution in [1.29, 1.82) is 0 Å². The maximum Gasteiger partial charge on any atom is 0.265 e. The minimum absolute atomic E-state index is 0.155. The molecule has 0 aromatic carbocycles. The molecule has 1 aromatic heterocycles. The first kappa shape index (κ1) is 8.69. The van der Waals surface area contributed by atoms with Crippen LogP contribution < -0.4 is 0 Å². The Hall–Kier alpha value is -0.900. The van der Waals surface area contributed by atoms with Crippen LogP contribution in [0.5, 0.6) is 0 Å². The number of carbonyl (C=O) groups is 1. The summed E-state index contributed by atoms with van der Waals surface area (Å²) in [5, 5.41) is 0. The fourth-order valence-corrected chi connectivity index (χ4v) is 2.14. The number of carbonyl (C=O) groups excluding carboxylic acids is 1. The standard InChI is InChI=1S/C9H12N2OS/c12-9(8-4-5-10-13-8)11-6-2-1-3-7-11/h4-5H,1-3,6-7H2. The molecule has 2 rings (SSSR count). The summed E-state index contributed by atoms with van der Waals surface area (Å²) in [5.74, 6) is 0.155. The number of hydrogen-bond donors (Lipinski definition) is 0. The number of amides is 1. The summed E-state index contributed by atoms with van der Waals surface area (Å²) in [5.41, 5.74) is 0. The van der Waals surface area contributed by atoms with Gasteiger partial charge in [0.25, 0.3) is 5.91 Å². The Labute approximate surface area is 81.5 Å². The molecule has 0 unspecified atom stereocenters. The minimum atomic E-state index is 0.155. The highest BCUT2D eigenvalue weighted by Crippen LogP contribution is 2.14. The Morgan fingerprint density at radius 1 is 1.38 bits per heavy atom. The Bertz CT molecular complexity index is 278. The topological polar surface area (TPSA) is 33.2 Å². The number of hydrogen-bond acceptors (Lipinski definition) is 3. The summed E-state index contributed by atoms with van der Waals surface area (Å²) in [6.45, 7) is 1.83. The van der Waals surface area contributed by atoms with Gasteiger partial charge in [0.15, 0.2) is 0 Å². The van der Waals surface area contributed by atoms with E-state index in [0.717, 1.165) is 30.8 Å². The van der Waals surface area contributed by atoms with E-state index < -0.39 is 0 Å². The highest BCUT2D eigenvalue weighted by atomic mass is 32.1. The third-order valence-electron chi connectivity index (χ3n) is 2.29. The van der Waals surface area contributed by atoms with Gasteiger partial charge in [0, 0.05) is 19.3 Å². The van der Waals surface area contributed by atoms with Crippen LogP contribution in [0.4, 0.5) is 0 Å². The lowest BCUT2D eigenvalue weighted by Crippen LogP contribution is -2.35. The molecule has 1 aliphatic rings. The number of piperidine rings is 1. The molecule has 13 heavy (non-hydrogen) atoms. The summed E-state index contributed by atoms with van der Waals surface area (Å²) in [6.07, 6.45) is 5.23. The summed E-state index contributed by atoms with van der Waals surface area (Å²) in [6, 6.07) is 1.79. The molecule has 0 bridgehead atoms. The van der Waals surface area contributed by atoms with Gasteiger partial charge in [0.1, 0.15) is 4.88 Å². The van der Waals surface area contributed by atoms with Crippen LogP contribution in [0.15, 0.2) is 12.3 Å². The lowest BCUT2D eigenvalue weighted by atomic mass is 10.1. The van der Waals surface area contributed by atoms with Gasteiger partial charge in [-0.2, -0.15) is 0 Å². The van der Waals surface area contributed by atoms with E-state index in [0.29, 0.717) is 0 Å². The first-order chi connectivity index (χ1) is 6.38. The van der Waals surface area contributed by atoms with Gasteiger partial charge in [-0.15, -0.1) is 0 Å². The molecule has 0 radical (unpaired) electrons. The minimum Gasteiger partial charge on any atom is -0.338 e. The summed E-state index contributed by atoms with van der Waals surface area (Å²) in [4.78, 5) is 14.5. The number of nitrogens with zero attached hydrogens (tertiary/aromatic N) is 2. The van der Waals surface area contributed by atoms with Crippen molar-refractivity contribution in [2.75, 3.05) is 13.1 Å². The molecule has 0 N–H and O–H groups in total. The number of likely N-dealkylation sites (tertiary alicyclic amines) is 1. The van der Waals surface area contributed by atoms with E-state index in [2.05, 4.69) is 4.37 Å². The van der Waals surface area contributed by atoms with Crippen LogP contribution in [0.1, 0.15) is 28.9 Å². The molecule has 0 saturated carbocycles. The van der Waals surface area contributed by atoms with Gasteiger partial charge in [-0.3, -0.25) is 4.79 Å². The summed E-state index contributed by atoms with van der Waals surface area (Å²) in [7, 11) is 0. The van der Waals surface area contributed by atoms with E-state index in [1.807, 2.05) is 4.90 Å². The first-order valence-corrected chi connectivity index (χ1v) is 5.35. The maximum absolute atomic E-state index is 11.8. The zero-order chi connectivity index (χ0) is 9.10. The molecule has 1 saturated heterocycles. The lowest BCUT2D eigenvalue weighted by Gasteiger charge is -2.25. The fraction of sp³-hybridized carbons (Fsp3) is 0.556. The third kappa shape index (κ3) is 1.88. The molecule has 1 aliphatic heterocycles. The van der Waals surface area contributed by atoms with Crippen molar-refractivity contribution in [2.24, 2.45) is 0 Å². The van der Waals surface area contributed by atoms with Gasteiger partial charge in [-0.1, -0.05) is 0 Å². The second-order valence-corrected chi connectivity index (χ2v) is 4.06. The van der Waals surface area contributed by atoms with Crippen LogP contribution >= 0.6 is 11.5 Å². The van der Waals surface area contributed by atoms with E-state index in [1.54, 1.807) is 12.3 Å². The molecule has 1 fully saturated rings. The first-order valence-electron chi connectivity index (χ1n) is 4.58. The fourth-order valence-electron chi connectivity index (χ4n) is 1.58. The van der Waals surface area contributed by atoms with Gasteiger partial charge in [0.2, 0.25) is 0 Å². The van der Waals surface area contributed by atoms with E-state index in [9.17, 15) is 4.79 Å². The Morgan fingerprint density at radius 2 is 2.15 bits per heavy atom. The molecule has 0 spiro atoms. The summed E-state index contributed by atoms with van der Waals surface area (Å²) < 4.78 is 3.93. The smallest absolute Gasteiger partial charge is 0.265 e.